The summed E-state index contributed by atoms with van der Waals surface area (Å²) >= 11 is 0. The highest BCUT2D eigenvalue weighted by atomic mass is 19.4. The topological polar surface area (TPSA) is 74.2 Å². The zero-order chi connectivity index (χ0) is 19.7. The van der Waals surface area contributed by atoms with Gasteiger partial charge in [0.1, 0.15) is 5.52 Å². The van der Waals surface area contributed by atoms with Crippen LogP contribution in [0, 0.1) is 5.92 Å². The van der Waals surface area contributed by atoms with Crippen molar-refractivity contribution in [2.75, 3.05) is 18.0 Å². The first-order valence-corrected chi connectivity index (χ1v) is 9.71. The van der Waals surface area contributed by atoms with Crippen molar-refractivity contribution in [2.45, 2.75) is 56.5 Å². The molecule has 1 aliphatic heterocycles. The molecule has 28 heavy (non-hydrogen) atoms. The van der Waals surface area contributed by atoms with Crippen molar-refractivity contribution in [1.82, 2.24) is 20.3 Å². The van der Waals surface area contributed by atoms with Crippen molar-refractivity contribution < 1.29 is 18.3 Å². The van der Waals surface area contributed by atoms with Crippen LogP contribution in [0.3, 0.4) is 0 Å². The Bertz CT molecular complexity index is 804. The number of aliphatic hydroxyl groups is 1. The number of piperidine rings is 1. The van der Waals surface area contributed by atoms with Gasteiger partial charge in [0, 0.05) is 43.8 Å². The van der Waals surface area contributed by atoms with E-state index in [1.807, 2.05) is 0 Å². The Morgan fingerprint density at radius 2 is 1.68 bits per heavy atom. The molecule has 4 rings (SSSR count). The zero-order valence-corrected chi connectivity index (χ0v) is 15.4. The van der Waals surface area contributed by atoms with Gasteiger partial charge in [0.2, 0.25) is 0 Å². The second-order valence-electron chi connectivity index (χ2n) is 7.81. The minimum absolute atomic E-state index is 0.0632. The van der Waals surface area contributed by atoms with E-state index in [4.69, 9.17) is 0 Å². The number of rotatable bonds is 3. The summed E-state index contributed by atoms with van der Waals surface area (Å²) < 4.78 is 40.9. The molecule has 9 heteroatoms. The molecule has 2 aliphatic rings. The van der Waals surface area contributed by atoms with Crippen LogP contribution >= 0.6 is 0 Å². The highest BCUT2D eigenvalue weighted by Crippen LogP contribution is 2.36. The normalized spacial score (nSPS) is 29.2. The molecule has 3 heterocycles. The van der Waals surface area contributed by atoms with E-state index in [0.29, 0.717) is 36.2 Å². The van der Waals surface area contributed by atoms with Gasteiger partial charge >= 0.3 is 6.18 Å². The summed E-state index contributed by atoms with van der Waals surface area (Å²) in [6, 6.07) is 1.58. The number of nitrogens with one attached hydrogen (secondary N) is 1. The van der Waals surface area contributed by atoms with Gasteiger partial charge in [-0.15, -0.1) is 0 Å². The Balaban J connectivity index is 1.57. The van der Waals surface area contributed by atoms with Crippen LogP contribution in [-0.2, 0) is 0 Å². The predicted octanol–water partition coefficient (Wildman–Crippen LogP) is 2.68. The number of hydrogen-bond acceptors (Lipinski definition) is 6. The summed E-state index contributed by atoms with van der Waals surface area (Å²) in [6.07, 6.45) is 3.11. The Morgan fingerprint density at radius 3 is 2.43 bits per heavy atom. The molecule has 0 radical (unpaired) electrons. The maximum absolute atomic E-state index is 13.6. The van der Waals surface area contributed by atoms with E-state index >= 15 is 0 Å². The lowest BCUT2D eigenvalue weighted by molar-refractivity contribution is -0.177. The summed E-state index contributed by atoms with van der Waals surface area (Å²) in [6.45, 7) is 0.377. The van der Waals surface area contributed by atoms with Gasteiger partial charge in [0.15, 0.2) is 5.65 Å². The van der Waals surface area contributed by atoms with Gasteiger partial charge in [-0.1, -0.05) is 0 Å². The number of nitrogens with zero attached hydrogens (tertiary/aromatic N) is 4. The fourth-order valence-electron chi connectivity index (χ4n) is 4.35. The molecular formula is C19H24F3N5O. The Hall–Kier alpha value is -2.00. The van der Waals surface area contributed by atoms with Crippen LogP contribution in [0.15, 0.2) is 24.7 Å². The minimum Gasteiger partial charge on any atom is -0.393 e. The van der Waals surface area contributed by atoms with Gasteiger partial charge in [0.05, 0.1) is 17.7 Å². The van der Waals surface area contributed by atoms with E-state index in [0.717, 1.165) is 12.8 Å². The Labute approximate surface area is 161 Å². The molecule has 0 spiro atoms. The fourth-order valence-corrected chi connectivity index (χ4v) is 4.35. The summed E-state index contributed by atoms with van der Waals surface area (Å²) in [5, 5.41) is 13.1. The van der Waals surface area contributed by atoms with Gasteiger partial charge < -0.3 is 15.3 Å². The van der Waals surface area contributed by atoms with Gasteiger partial charge in [-0.3, -0.25) is 0 Å². The molecule has 2 aromatic heterocycles. The van der Waals surface area contributed by atoms with Crippen molar-refractivity contribution in [3.8, 4) is 0 Å². The van der Waals surface area contributed by atoms with E-state index in [1.165, 1.54) is 12.4 Å². The van der Waals surface area contributed by atoms with Crippen LogP contribution in [0.4, 0.5) is 18.9 Å². The molecule has 0 amide bonds. The van der Waals surface area contributed by atoms with Crippen molar-refractivity contribution in [2.24, 2.45) is 5.92 Å². The van der Waals surface area contributed by atoms with E-state index in [9.17, 15) is 18.3 Å². The number of hydrogen-bond donors (Lipinski definition) is 2. The Morgan fingerprint density at radius 1 is 0.964 bits per heavy atom. The van der Waals surface area contributed by atoms with Crippen LogP contribution in [0.25, 0.3) is 11.2 Å². The molecule has 2 unspecified atom stereocenters. The van der Waals surface area contributed by atoms with Crippen LogP contribution < -0.4 is 10.2 Å². The molecule has 2 fully saturated rings. The number of fused-ring (bicyclic) bond motifs is 1. The molecule has 2 aromatic rings. The maximum atomic E-state index is 13.6. The van der Waals surface area contributed by atoms with Gasteiger partial charge in [-0.05, 0) is 38.2 Å². The molecule has 1 aliphatic carbocycles. The lowest BCUT2D eigenvalue weighted by atomic mass is 9.89. The molecule has 152 valence electrons. The first-order valence-electron chi connectivity index (χ1n) is 9.71. The first kappa shape index (κ1) is 19.3. The first-order chi connectivity index (χ1) is 13.4. The Kier molecular flexibility index (Phi) is 5.37. The number of pyridine rings is 1. The standard InChI is InChI=1S/C19H24F3N5O/c20-19(21,22)12-9-14(26-13-1-3-15(28)4-2-13)11-27(10-12)16-5-6-24-18-17(16)23-7-8-25-18/h5-8,12-15,26,28H,1-4,9-11H2. The number of aliphatic hydroxyl groups excluding tert-OH is 1. The van der Waals surface area contributed by atoms with Crippen LogP contribution in [0.2, 0.25) is 0 Å². The van der Waals surface area contributed by atoms with Crippen molar-refractivity contribution >= 4 is 16.9 Å². The van der Waals surface area contributed by atoms with Crippen molar-refractivity contribution in [3.05, 3.63) is 24.7 Å². The lowest BCUT2D eigenvalue weighted by Crippen LogP contribution is -2.55. The molecule has 1 saturated heterocycles. The molecule has 0 bridgehead atoms. The fraction of sp³-hybridized carbons (Fsp3) is 0.632. The highest BCUT2D eigenvalue weighted by molar-refractivity contribution is 5.85. The maximum Gasteiger partial charge on any atom is 0.393 e. The van der Waals surface area contributed by atoms with E-state index in [2.05, 4.69) is 20.3 Å². The summed E-state index contributed by atoms with van der Waals surface area (Å²) in [7, 11) is 0. The third-order valence-corrected chi connectivity index (χ3v) is 5.77. The minimum atomic E-state index is -4.25. The average molecular weight is 395 g/mol. The van der Waals surface area contributed by atoms with E-state index in [-0.39, 0.29) is 31.2 Å². The second-order valence-corrected chi connectivity index (χ2v) is 7.81. The second kappa shape index (κ2) is 7.79. The third kappa shape index (κ3) is 4.20. The smallest absolute Gasteiger partial charge is 0.393 e. The number of aromatic nitrogens is 3. The molecule has 2 N–H and O–H groups in total. The third-order valence-electron chi connectivity index (χ3n) is 5.77. The molecular weight excluding hydrogens is 371 g/mol. The van der Waals surface area contributed by atoms with E-state index in [1.54, 1.807) is 17.2 Å². The number of alkyl halides is 3. The van der Waals surface area contributed by atoms with Crippen molar-refractivity contribution in [3.63, 3.8) is 0 Å². The molecule has 6 nitrogen and oxygen atoms in total. The highest BCUT2D eigenvalue weighted by Gasteiger charge is 2.45. The quantitative estimate of drug-likeness (QED) is 0.833. The number of anilines is 1. The summed E-state index contributed by atoms with van der Waals surface area (Å²) in [5.74, 6) is -1.41. The lowest BCUT2D eigenvalue weighted by Gasteiger charge is -2.42. The van der Waals surface area contributed by atoms with Crippen molar-refractivity contribution in [1.29, 1.82) is 0 Å². The van der Waals surface area contributed by atoms with Crippen LogP contribution in [0.5, 0.6) is 0 Å². The van der Waals surface area contributed by atoms with Gasteiger partial charge in [0.25, 0.3) is 0 Å². The predicted molar refractivity (Wildman–Crippen MR) is 98.9 cm³/mol. The molecule has 0 aromatic carbocycles. The molecule has 2 atom stereocenters. The van der Waals surface area contributed by atoms with Crippen LogP contribution in [-0.4, -0.2) is 57.5 Å². The van der Waals surface area contributed by atoms with Crippen LogP contribution in [0.1, 0.15) is 32.1 Å². The average Bonchev–Trinajstić information content (AvgIpc) is 2.68. The summed E-state index contributed by atoms with van der Waals surface area (Å²) in [4.78, 5) is 14.4. The van der Waals surface area contributed by atoms with Gasteiger partial charge in [-0.2, -0.15) is 13.2 Å². The zero-order valence-electron chi connectivity index (χ0n) is 15.4. The number of halogens is 3. The monoisotopic (exact) mass is 395 g/mol. The largest absolute Gasteiger partial charge is 0.393 e. The van der Waals surface area contributed by atoms with Gasteiger partial charge in [-0.25, -0.2) is 15.0 Å². The van der Waals surface area contributed by atoms with E-state index < -0.39 is 12.1 Å². The summed E-state index contributed by atoms with van der Waals surface area (Å²) in [5.41, 5.74) is 1.59. The SMILES string of the molecule is OC1CCC(NC2CC(C(F)(F)F)CN(c3ccnc4nccnc34)C2)CC1. The molecule has 1 saturated carbocycles.